The molecular weight excluding hydrogens is 156 g/mol. The summed E-state index contributed by atoms with van der Waals surface area (Å²) in [6.07, 6.45) is 1.84. The Morgan fingerprint density at radius 3 is 3.08 bits per heavy atom. The Bertz CT molecular complexity index is 122. The fourth-order valence-electron chi connectivity index (χ4n) is 1.48. The van der Waals surface area contributed by atoms with Crippen LogP contribution in [-0.2, 0) is 4.84 Å². The van der Waals surface area contributed by atoms with Crippen LogP contribution in [0.2, 0.25) is 0 Å². The Labute approximate surface area is 73.5 Å². The molecule has 1 saturated heterocycles. The maximum Gasteiger partial charge on any atom is 0.0694 e. The molecule has 1 rings (SSSR count). The largest absolute Gasteiger partial charge is 0.392 e. The molecule has 0 aromatic heterocycles. The van der Waals surface area contributed by atoms with E-state index in [1.807, 2.05) is 0 Å². The van der Waals surface area contributed by atoms with E-state index in [-0.39, 0.29) is 6.10 Å². The van der Waals surface area contributed by atoms with Gasteiger partial charge in [0.2, 0.25) is 0 Å². The summed E-state index contributed by atoms with van der Waals surface area (Å²) in [4.78, 5) is 7.25. The number of rotatable bonds is 5. The molecule has 4 heteroatoms. The van der Waals surface area contributed by atoms with Crippen LogP contribution in [0.4, 0.5) is 0 Å². The van der Waals surface area contributed by atoms with Crippen molar-refractivity contribution in [3.8, 4) is 0 Å². The van der Waals surface area contributed by atoms with Crippen LogP contribution >= 0.6 is 0 Å². The van der Waals surface area contributed by atoms with Crippen LogP contribution in [-0.4, -0.2) is 49.4 Å². The highest BCUT2D eigenvalue weighted by Crippen LogP contribution is 2.08. The van der Waals surface area contributed by atoms with E-state index in [0.29, 0.717) is 0 Å². The topological polar surface area (TPSA) is 44.7 Å². The van der Waals surface area contributed by atoms with Gasteiger partial charge in [-0.05, 0) is 12.8 Å². The smallest absolute Gasteiger partial charge is 0.0694 e. The van der Waals surface area contributed by atoms with E-state index < -0.39 is 0 Å². The third kappa shape index (κ3) is 3.49. The molecule has 0 aliphatic carbocycles. The summed E-state index contributed by atoms with van der Waals surface area (Å²) in [5, 5.41) is 9.22. The summed E-state index contributed by atoms with van der Waals surface area (Å²) in [6.45, 7) is 3.63. The average molecular weight is 174 g/mol. The lowest BCUT2D eigenvalue weighted by Crippen LogP contribution is -2.24. The molecule has 1 atom stereocenters. The second-order valence-corrected chi connectivity index (χ2v) is 3.15. The Morgan fingerprint density at radius 2 is 2.50 bits per heavy atom. The Morgan fingerprint density at radius 1 is 1.67 bits per heavy atom. The van der Waals surface area contributed by atoms with Gasteiger partial charge in [-0.3, -0.25) is 0 Å². The van der Waals surface area contributed by atoms with Crippen molar-refractivity contribution < 1.29 is 9.94 Å². The van der Waals surface area contributed by atoms with Crippen molar-refractivity contribution in [3.63, 3.8) is 0 Å². The predicted octanol–water partition coefficient (Wildman–Crippen LogP) is -0.406. The van der Waals surface area contributed by atoms with Gasteiger partial charge >= 0.3 is 0 Å². The number of nitrogens with one attached hydrogen (secondary N) is 1. The van der Waals surface area contributed by atoms with Crippen molar-refractivity contribution in [1.82, 2.24) is 10.4 Å². The fourth-order valence-corrected chi connectivity index (χ4v) is 1.48. The van der Waals surface area contributed by atoms with E-state index >= 15 is 0 Å². The van der Waals surface area contributed by atoms with Gasteiger partial charge in [0.25, 0.3) is 0 Å². The summed E-state index contributed by atoms with van der Waals surface area (Å²) in [5.41, 5.74) is 2.63. The second kappa shape index (κ2) is 5.48. The highest BCUT2D eigenvalue weighted by atomic mass is 16.6. The lowest BCUT2D eigenvalue weighted by molar-refractivity contribution is 0.0512. The molecule has 0 aromatic carbocycles. The van der Waals surface area contributed by atoms with Crippen molar-refractivity contribution >= 4 is 0 Å². The minimum Gasteiger partial charge on any atom is -0.392 e. The number of likely N-dealkylation sites (tertiary alicyclic amines) is 1. The summed E-state index contributed by atoms with van der Waals surface area (Å²) >= 11 is 0. The molecule has 1 aliphatic heterocycles. The maximum absolute atomic E-state index is 9.22. The van der Waals surface area contributed by atoms with Crippen molar-refractivity contribution in [2.45, 2.75) is 18.9 Å². The number of hydroxylamine groups is 1. The fraction of sp³-hybridized carbons (Fsp3) is 1.00. The van der Waals surface area contributed by atoms with E-state index in [9.17, 15) is 5.11 Å². The monoisotopic (exact) mass is 174 g/mol. The van der Waals surface area contributed by atoms with Crippen molar-refractivity contribution in [2.24, 2.45) is 0 Å². The first-order chi connectivity index (χ1) is 5.83. The van der Waals surface area contributed by atoms with Gasteiger partial charge in [-0.1, -0.05) is 0 Å². The first-order valence-electron chi connectivity index (χ1n) is 4.52. The zero-order valence-electron chi connectivity index (χ0n) is 7.62. The highest BCUT2D eigenvalue weighted by molar-refractivity contribution is 4.73. The van der Waals surface area contributed by atoms with Crippen LogP contribution in [0.3, 0.4) is 0 Å². The molecule has 0 unspecified atom stereocenters. The quantitative estimate of drug-likeness (QED) is 0.439. The van der Waals surface area contributed by atoms with Crippen LogP contribution in [0.25, 0.3) is 0 Å². The van der Waals surface area contributed by atoms with E-state index in [1.165, 1.54) is 0 Å². The summed E-state index contributed by atoms with van der Waals surface area (Å²) in [5.74, 6) is 0. The van der Waals surface area contributed by atoms with Gasteiger partial charge in [-0.2, -0.15) is 0 Å². The number of β-amino-alcohol motifs (C(OH)–C–C–N with tert-alkyl or cyclic N) is 1. The number of aliphatic hydroxyl groups excluding tert-OH is 1. The van der Waals surface area contributed by atoms with Gasteiger partial charge in [-0.15, -0.1) is 0 Å². The van der Waals surface area contributed by atoms with Crippen LogP contribution in [0, 0.1) is 0 Å². The second-order valence-electron chi connectivity index (χ2n) is 3.15. The van der Waals surface area contributed by atoms with Gasteiger partial charge in [0.15, 0.2) is 0 Å². The summed E-state index contributed by atoms with van der Waals surface area (Å²) < 4.78 is 0. The minimum atomic E-state index is -0.102. The molecular formula is C8H18N2O2. The number of hydrogen-bond donors (Lipinski definition) is 2. The lowest BCUT2D eigenvalue weighted by atomic mass is 10.3. The molecule has 1 aliphatic rings. The number of aliphatic hydroxyl groups is 1. The van der Waals surface area contributed by atoms with Gasteiger partial charge in [0.05, 0.1) is 12.7 Å². The van der Waals surface area contributed by atoms with Gasteiger partial charge in [-0.25, -0.2) is 5.48 Å². The molecule has 1 heterocycles. The average Bonchev–Trinajstić information content (AvgIpc) is 2.45. The van der Waals surface area contributed by atoms with E-state index in [2.05, 4.69) is 10.4 Å². The number of hydrogen-bond acceptors (Lipinski definition) is 4. The Kier molecular flexibility index (Phi) is 4.53. The SMILES string of the molecule is CNOCCCN1CC[C@@H](O)C1. The van der Waals surface area contributed by atoms with Crippen LogP contribution in [0.1, 0.15) is 12.8 Å². The predicted molar refractivity (Wildman–Crippen MR) is 46.7 cm³/mol. The normalized spacial score (nSPS) is 25.0. The maximum atomic E-state index is 9.22. The van der Waals surface area contributed by atoms with Crippen LogP contribution in [0.15, 0.2) is 0 Å². The van der Waals surface area contributed by atoms with Crippen LogP contribution in [0.5, 0.6) is 0 Å². The third-order valence-electron chi connectivity index (χ3n) is 2.11. The first kappa shape index (κ1) is 9.92. The van der Waals surface area contributed by atoms with E-state index in [4.69, 9.17) is 4.84 Å². The highest BCUT2D eigenvalue weighted by Gasteiger charge is 2.18. The zero-order valence-corrected chi connectivity index (χ0v) is 7.62. The molecule has 2 N–H and O–H groups in total. The Hall–Kier alpha value is -0.160. The summed E-state index contributed by atoms with van der Waals surface area (Å²) in [7, 11) is 1.76. The molecule has 0 aromatic rings. The third-order valence-corrected chi connectivity index (χ3v) is 2.11. The Balaban J connectivity index is 1.93. The zero-order chi connectivity index (χ0) is 8.81. The molecule has 0 amide bonds. The molecule has 0 spiro atoms. The van der Waals surface area contributed by atoms with E-state index in [1.54, 1.807) is 7.05 Å². The van der Waals surface area contributed by atoms with Crippen LogP contribution < -0.4 is 5.48 Å². The van der Waals surface area contributed by atoms with Crippen molar-refractivity contribution in [2.75, 3.05) is 33.3 Å². The van der Waals surface area contributed by atoms with E-state index in [0.717, 1.165) is 39.1 Å². The minimum absolute atomic E-state index is 0.102. The molecule has 4 nitrogen and oxygen atoms in total. The lowest BCUT2D eigenvalue weighted by Gasteiger charge is -2.13. The number of nitrogens with zero attached hydrogens (tertiary/aromatic N) is 1. The van der Waals surface area contributed by atoms with Gasteiger partial charge in [0.1, 0.15) is 0 Å². The molecule has 0 bridgehead atoms. The molecule has 72 valence electrons. The molecule has 1 fully saturated rings. The summed E-state index contributed by atoms with van der Waals surface area (Å²) in [6, 6.07) is 0. The van der Waals surface area contributed by atoms with Gasteiger partial charge < -0.3 is 14.8 Å². The van der Waals surface area contributed by atoms with Gasteiger partial charge in [0, 0.05) is 26.7 Å². The molecule has 0 saturated carbocycles. The molecule has 0 radical (unpaired) electrons. The van der Waals surface area contributed by atoms with Crippen molar-refractivity contribution in [3.05, 3.63) is 0 Å². The van der Waals surface area contributed by atoms with Crippen molar-refractivity contribution in [1.29, 1.82) is 0 Å². The first-order valence-corrected chi connectivity index (χ1v) is 4.52. The molecule has 12 heavy (non-hydrogen) atoms. The standard InChI is InChI=1S/C8H18N2O2/c1-9-12-6-2-4-10-5-3-8(11)7-10/h8-9,11H,2-7H2,1H3/t8-/m1/s1.